The summed E-state index contributed by atoms with van der Waals surface area (Å²) in [5.41, 5.74) is 2.41. The number of amidine groups is 1. The first kappa shape index (κ1) is 21.9. The zero-order valence-electron chi connectivity index (χ0n) is 19.7. The fourth-order valence-electron chi connectivity index (χ4n) is 5.19. The Bertz CT molecular complexity index is 1470. The van der Waals surface area contributed by atoms with E-state index in [1.54, 1.807) is 17.6 Å². The maximum Gasteiger partial charge on any atom is 0.343 e. The van der Waals surface area contributed by atoms with Crippen LogP contribution in [0.4, 0.5) is 5.69 Å². The number of aliphatic imine (C=N–C) groups is 1. The average Bonchev–Trinajstić information content (AvgIpc) is 3.23. The second kappa shape index (κ2) is 8.00. The third-order valence-corrected chi connectivity index (χ3v) is 7.25. The minimum absolute atomic E-state index is 0.118. The number of aliphatic hydroxyl groups is 1. The third-order valence-electron chi connectivity index (χ3n) is 7.25. The maximum atomic E-state index is 13.3. The molecule has 180 valence electrons. The van der Waals surface area contributed by atoms with Crippen LogP contribution in [0.15, 0.2) is 40.1 Å². The fraction of sp³-hybridized carbons (Fsp3) is 0.385. The van der Waals surface area contributed by atoms with E-state index in [1.165, 1.54) is 0 Å². The molecule has 9 heteroatoms. The number of rotatable bonds is 2. The summed E-state index contributed by atoms with van der Waals surface area (Å²) in [5, 5.41) is 11.9. The molecule has 3 aliphatic heterocycles. The predicted octanol–water partition coefficient (Wildman–Crippen LogP) is 2.46. The summed E-state index contributed by atoms with van der Waals surface area (Å²) in [6, 6.07) is 9.65. The van der Waals surface area contributed by atoms with Crippen LogP contribution in [0.3, 0.4) is 0 Å². The monoisotopic (exact) mass is 474 g/mol. The van der Waals surface area contributed by atoms with Crippen LogP contribution < -0.4 is 5.56 Å². The largest absolute Gasteiger partial charge is 0.458 e. The van der Waals surface area contributed by atoms with Crippen LogP contribution in [0.1, 0.15) is 37.0 Å². The van der Waals surface area contributed by atoms with E-state index in [-0.39, 0.29) is 18.6 Å². The lowest BCUT2D eigenvalue weighted by atomic mass is 9.86. The van der Waals surface area contributed by atoms with Crippen LogP contribution in [0.2, 0.25) is 0 Å². The molecule has 9 nitrogen and oxygen atoms in total. The van der Waals surface area contributed by atoms with Crippen molar-refractivity contribution in [3.63, 3.8) is 0 Å². The van der Waals surface area contributed by atoms with Gasteiger partial charge < -0.3 is 24.0 Å². The maximum absolute atomic E-state index is 13.3. The number of ether oxygens (including phenoxy) is 2. The number of nitrogens with zero attached hydrogens (tertiary/aromatic N) is 4. The number of fused-ring (bicyclic) bond motifs is 5. The summed E-state index contributed by atoms with van der Waals surface area (Å²) >= 11 is 0. The third kappa shape index (κ3) is 3.37. The van der Waals surface area contributed by atoms with Gasteiger partial charge in [-0.15, -0.1) is 0 Å². The Balaban J connectivity index is 1.42. The second-order valence-electron chi connectivity index (χ2n) is 9.23. The van der Waals surface area contributed by atoms with E-state index >= 15 is 0 Å². The Kier molecular flexibility index (Phi) is 5.01. The smallest absolute Gasteiger partial charge is 0.343 e. The van der Waals surface area contributed by atoms with Gasteiger partial charge in [-0.05, 0) is 43.7 Å². The van der Waals surface area contributed by atoms with E-state index in [2.05, 4.69) is 4.90 Å². The number of pyridine rings is 2. The van der Waals surface area contributed by atoms with Crippen molar-refractivity contribution in [2.75, 3.05) is 26.3 Å². The molecule has 2 aromatic heterocycles. The van der Waals surface area contributed by atoms with Crippen LogP contribution in [0.25, 0.3) is 22.3 Å². The molecule has 0 amide bonds. The lowest BCUT2D eigenvalue weighted by Gasteiger charge is -2.31. The van der Waals surface area contributed by atoms with Crippen LogP contribution >= 0.6 is 0 Å². The number of morpholine rings is 1. The summed E-state index contributed by atoms with van der Waals surface area (Å²) in [7, 11) is 0. The molecule has 0 bridgehead atoms. The summed E-state index contributed by atoms with van der Waals surface area (Å²) < 4.78 is 12.2. The zero-order chi connectivity index (χ0) is 24.3. The van der Waals surface area contributed by atoms with E-state index in [0.29, 0.717) is 42.3 Å². The van der Waals surface area contributed by atoms with Gasteiger partial charge in [-0.3, -0.25) is 4.79 Å². The van der Waals surface area contributed by atoms with Crippen molar-refractivity contribution in [1.82, 2.24) is 14.5 Å². The summed E-state index contributed by atoms with van der Waals surface area (Å²) in [5.74, 6) is 0.230. The molecular formula is C26H26N4O5. The zero-order valence-corrected chi connectivity index (χ0v) is 19.7. The lowest BCUT2D eigenvalue weighted by Crippen LogP contribution is -2.44. The number of hydrogen-bond donors (Lipinski definition) is 1. The first-order valence-electron chi connectivity index (χ1n) is 11.9. The van der Waals surface area contributed by atoms with E-state index in [9.17, 15) is 14.7 Å². The highest BCUT2D eigenvalue weighted by molar-refractivity contribution is 5.89. The van der Waals surface area contributed by atoms with Gasteiger partial charge in [0.05, 0.1) is 47.9 Å². The van der Waals surface area contributed by atoms with Gasteiger partial charge in [0.1, 0.15) is 12.4 Å². The molecule has 6 rings (SSSR count). The number of aromatic nitrogens is 2. The Morgan fingerprint density at radius 1 is 1.20 bits per heavy atom. The number of hydrogen-bond acceptors (Lipinski definition) is 7. The number of benzene rings is 1. The van der Waals surface area contributed by atoms with Crippen LogP contribution in [0, 0.1) is 0 Å². The lowest BCUT2D eigenvalue weighted by molar-refractivity contribution is -0.172. The fourth-order valence-corrected chi connectivity index (χ4v) is 5.19. The van der Waals surface area contributed by atoms with Gasteiger partial charge in [0.15, 0.2) is 5.60 Å². The first-order chi connectivity index (χ1) is 16.9. The number of carbonyl (C=O) groups is 1. The van der Waals surface area contributed by atoms with Gasteiger partial charge >= 0.3 is 5.97 Å². The van der Waals surface area contributed by atoms with Crippen molar-refractivity contribution in [2.24, 2.45) is 4.99 Å². The molecule has 5 heterocycles. The minimum Gasteiger partial charge on any atom is -0.458 e. The normalized spacial score (nSPS) is 21.5. The molecule has 35 heavy (non-hydrogen) atoms. The van der Waals surface area contributed by atoms with Crippen molar-refractivity contribution in [3.8, 4) is 11.4 Å². The number of esters is 1. The number of carbonyl (C=O) groups excluding carboxylic acids is 1. The first-order valence-corrected chi connectivity index (χ1v) is 11.9. The van der Waals surface area contributed by atoms with Crippen molar-refractivity contribution >= 4 is 28.4 Å². The highest BCUT2D eigenvalue weighted by Gasteiger charge is 2.45. The molecule has 0 radical (unpaired) electrons. The van der Waals surface area contributed by atoms with Crippen molar-refractivity contribution in [1.29, 1.82) is 0 Å². The van der Waals surface area contributed by atoms with Crippen molar-refractivity contribution in [3.05, 3.63) is 57.4 Å². The van der Waals surface area contributed by atoms with Gasteiger partial charge in [-0.25, -0.2) is 14.8 Å². The van der Waals surface area contributed by atoms with Gasteiger partial charge in [0.2, 0.25) is 0 Å². The molecule has 1 aromatic carbocycles. The van der Waals surface area contributed by atoms with E-state index in [0.717, 1.165) is 41.1 Å². The van der Waals surface area contributed by atoms with E-state index < -0.39 is 11.6 Å². The molecule has 0 aliphatic carbocycles. The molecule has 0 spiro atoms. The van der Waals surface area contributed by atoms with E-state index in [4.69, 9.17) is 19.5 Å². The Morgan fingerprint density at radius 2 is 2.00 bits per heavy atom. The highest BCUT2D eigenvalue weighted by Crippen LogP contribution is 2.38. The van der Waals surface area contributed by atoms with Crippen molar-refractivity contribution in [2.45, 2.75) is 39.0 Å². The quantitative estimate of drug-likeness (QED) is 0.270. The van der Waals surface area contributed by atoms with E-state index in [1.807, 2.05) is 31.2 Å². The Hall–Kier alpha value is -3.56. The molecule has 1 fully saturated rings. The van der Waals surface area contributed by atoms with Gasteiger partial charge in [-0.1, -0.05) is 6.92 Å². The summed E-state index contributed by atoms with van der Waals surface area (Å²) in [6.45, 7) is 7.02. The molecule has 1 N–H and O–H groups in total. The van der Waals surface area contributed by atoms with Gasteiger partial charge in [0.25, 0.3) is 5.56 Å². The number of cyclic esters (lactones) is 1. The topological polar surface area (TPSA) is 106 Å². The molecule has 3 aliphatic rings. The summed E-state index contributed by atoms with van der Waals surface area (Å²) in [4.78, 5) is 37.5. The van der Waals surface area contributed by atoms with Crippen molar-refractivity contribution < 1.29 is 19.4 Å². The van der Waals surface area contributed by atoms with Crippen LogP contribution in [-0.4, -0.2) is 57.7 Å². The molecule has 0 saturated carbocycles. The average molecular weight is 475 g/mol. The molecule has 0 unspecified atom stereocenters. The molecule has 1 atom stereocenters. The Morgan fingerprint density at radius 3 is 2.77 bits per heavy atom. The summed E-state index contributed by atoms with van der Waals surface area (Å²) in [6.07, 6.45) is 0.118. The second-order valence-corrected chi connectivity index (χ2v) is 9.23. The Labute approximate surface area is 201 Å². The van der Waals surface area contributed by atoms with Crippen LogP contribution in [0.5, 0.6) is 0 Å². The van der Waals surface area contributed by atoms with Gasteiger partial charge in [0, 0.05) is 29.6 Å². The highest BCUT2D eigenvalue weighted by atomic mass is 16.6. The molecule has 1 saturated heterocycles. The predicted molar refractivity (Wildman–Crippen MR) is 130 cm³/mol. The minimum atomic E-state index is -1.83. The van der Waals surface area contributed by atoms with Crippen LogP contribution in [-0.2, 0) is 33.0 Å². The molecular weight excluding hydrogens is 448 g/mol. The van der Waals surface area contributed by atoms with Gasteiger partial charge in [-0.2, -0.15) is 0 Å². The SMILES string of the molecule is CC[C@@]1(O)C(=O)OCc2c1cc1n(c2=O)Cc2cc3cc(N=C(C)N4CCOCC4)ccc3nc2-1. The molecule has 3 aromatic rings. The standard InChI is InChI=1S/C26H26N4O5/c1-3-26(33)20-12-22-23-17(13-30(22)24(31)19(20)14-35-25(26)32)10-16-11-18(4-5-21(16)28-23)27-15(2)29-6-8-34-9-7-29/h4-5,10-12,33H,3,6-9,13-14H2,1-2H3/t26-/m0/s1.